The molecule has 2 atom stereocenters. The Morgan fingerprint density at radius 3 is 2.88 bits per heavy atom. The van der Waals surface area contributed by atoms with Crippen molar-refractivity contribution in [1.29, 1.82) is 0 Å². The zero-order valence-electron chi connectivity index (χ0n) is 9.97. The molecule has 1 saturated heterocycles. The third kappa shape index (κ3) is 2.72. The summed E-state index contributed by atoms with van der Waals surface area (Å²) in [6, 6.07) is 5.76. The molecule has 17 heavy (non-hydrogen) atoms. The molecule has 2 unspecified atom stereocenters. The zero-order valence-corrected chi connectivity index (χ0v) is 10.8. The van der Waals surface area contributed by atoms with Gasteiger partial charge in [-0.1, -0.05) is 13.0 Å². The van der Waals surface area contributed by atoms with E-state index in [-0.39, 0.29) is 10.6 Å². The Bertz CT molecular complexity index is 437. The van der Waals surface area contributed by atoms with E-state index in [0.29, 0.717) is 16.9 Å². The molecule has 0 aromatic heterocycles. The molecule has 0 radical (unpaired) electrons. The molecule has 0 amide bonds. The Morgan fingerprint density at radius 2 is 2.29 bits per heavy atom. The molecule has 1 aromatic rings. The van der Waals surface area contributed by atoms with Crippen molar-refractivity contribution < 1.29 is 4.92 Å². The molecule has 0 saturated carbocycles. The molecule has 0 bridgehead atoms. The lowest BCUT2D eigenvalue weighted by Gasteiger charge is -2.17. The molecule has 0 spiro atoms. The lowest BCUT2D eigenvalue weighted by Crippen LogP contribution is -2.24. The van der Waals surface area contributed by atoms with Crippen LogP contribution >= 0.6 is 11.8 Å². The first-order chi connectivity index (χ1) is 8.08. The van der Waals surface area contributed by atoms with Gasteiger partial charge in [-0.25, -0.2) is 0 Å². The Balaban J connectivity index is 2.16. The van der Waals surface area contributed by atoms with Crippen molar-refractivity contribution in [3.05, 3.63) is 33.9 Å². The van der Waals surface area contributed by atoms with E-state index >= 15 is 0 Å². The minimum Gasteiger partial charge on any atom is -0.381 e. The van der Waals surface area contributed by atoms with Crippen molar-refractivity contribution in [1.82, 2.24) is 0 Å². The fourth-order valence-corrected chi connectivity index (χ4v) is 3.23. The highest BCUT2D eigenvalue weighted by atomic mass is 32.2. The maximum atomic E-state index is 10.8. The highest BCUT2D eigenvalue weighted by Gasteiger charge is 2.24. The van der Waals surface area contributed by atoms with E-state index < -0.39 is 0 Å². The number of hydrogen-bond acceptors (Lipinski definition) is 4. The van der Waals surface area contributed by atoms with Gasteiger partial charge < -0.3 is 5.32 Å². The summed E-state index contributed by atoms with van der Waals surface area (Å²) < 4.78 is 0. The van der Waals surface area contributed by atoms with E-state index in [9.17, 15) is 10.1 Å². The smallest absolute Gasteiger partial charge is 0.274 e. The van der Waals surface area contributed by atoms with E-state index in [0.717, 1.165) is 17.9 Å². The van der Waals surface area contributed by atoms with Gasteiger partial charge in [0, 0.05) is 28.6 Å². The van der Waals surface area contributed by atoms with Crippen molar-refractivity contribution in [3.8, 4) is 0 Å². The second kappa shape index (κ2) is 4.96. The number of thioether (sulfide) groups is 1. The summed E-state index contributed by atoms with van der Waals surface area (Å²) in [5.41, 5.74) is 1.74. The number of nitrogens with zero attached hydrogens (tertiary/aromatic N) is 1. The summed E-state index contributed by atoms with van der Waals surface area (Å²) in [6.07, 6.45) is 1.12. The van der Waals surface area contributed by atoms with Crippen LogP contribution in [0.4, 0.5) is 11.4 Å². The van der Waals surface area contributed by atoms with Gasteiger partial charge in [-0.05, 0) is 25.2 Å². The first-order valence-corrected chi connectivity index (χ1v) is 6.76. The van der Waals surface area contributed by atoms with Crippen LogP contribution in [0.2, 0.25) is 0 Å². The standard InChI is InChI=1S/C12H16N2O2S/c1-8-3-4-10(7-12(8)14(15)16)13-11-5-6-17-9(11)2/h3-4,7,9,11,13H,5-6H2,1-2H3. The summed E-state index contributed by atoms with van der Waals surface area (Å²) in [5.74, 6) is 1.16. The molecule has 1 aromatic carbocycles. The first-order valence-electron chi connectivity index (χ1n) is 5.71. The van der Waals surface area contributed by atoms with Crippen LogP contribution < -0.4 is 5.32 Å². The Morgan fingerprint density at radius 1 is 1.53 bits per heavy atom. The average Bonchev–Trinajstić information content (AvgIpc) is 2.67. The van der Waals surface area contributed by atoms with E-state index in [4.69, 9.17) is 0 Å². The van der Waals surface area contributed by atoms with Gasteiger partial charge in [0.15, 0.2) is 0 Å². The van der Waals surface area contributed by atoms with E-state index in [1.807, 2.05) is 17.8 Å². The third-order valence-electron chi connectivity index (χ3n) is 3.13. The zero-order chi connectivity index (χ0) is 12.4. The van der Waals surface area contributed by atoms with Crippen molar-refractivity contribution in [3.63, 3.8) is 0 Å². The molecular formula is C12H16N2O2S. The van der Waals surface area contributed by atoms with Crippen molar-refractivity contribution in [2.24, 2.45) is 0 Å². The lowest BCUT2D eigenvalue weighted by atomic mass is 10.1. The van der Waals surface area contributed by atoms with E-state index in [1.165, 1.54) is 0 Å². The summed E-state index contributed by atoms with van der Waals surface area (Å²) in [4.78, 5) is 10.5. The Kier molecular flexibility index (Phi) is 3.57. The van der Waals surface area contributed by atoms with Crippen LogP contribution in [0.15, 0.2) is 18.2 Å². The third-order valence-corrected chi connectivity index (χ3v) is 4.46. The lowest BCUT2D eigenvalue weighted by molar-refractivity contribution is -0.385. The Hall–Kier alpha value is -1.23. The molecule has 1 fully saturated rings. The summed E-state index contributed by atoms with van der Waals surface area (Å²) >= 11 is 1.94. The minimum atomic E-state index is -0.326. The van der Waals surface area contributed by atoms with Crippen LogP contribution in [0.3, 0.4) is 0 Å². The van der Waals surface area contributed by atoms with Crippen LogP contribution in [0.5, 0.6) is 0 Å². The number of anilines is 1. The number of aryl methyl sites for hydroxylation is 1. The number of hydrogen-bond donors (Lipinski definition) is 1. The number of nitro groups is 1. The van der Waals surface area contributed by atoms with Gasteiger partial charge in [-0.15, -0.1) is 0 Å². The average molecular weight is 252 g/mol. The minimum absolute atomic E-state index is 0.188. The molecule has 1 heterocycles. The second-order valence-electron chi connectivity index (χ2n) is 4.37. The topological polar surface area (TPSA) is 55.2 Å². The largest absolute Gasteiger partial charge is 0.381 e. The summed E-state index contributed by atoms with van der Waals surface area (Å²) in [7, 11) is 0. The van der Waals surface area contributed by atoms with Gasteiger partial charge >= 0.3 is 0 Å². The fraction of sp³-hybridized carbons (Fsp3) is 0.500. The number of nitrogens with one attached hydrogen (secondary N) is 1. The predicted molar refractivity (Wildman–Crippen MR) is 71.8 cm³/mol. The quantitative estimate of drug-likeness (QED) is 0.663. The predicted octanol–water partition coefficient (Wildman–Crippen LogP) is 3.21. The van der Waals surface area contributed by atoms with Crippen LogP contribution in [0.1, 0.15) is 18.9 Å². The molecule has 2 rings (SSSR count). The molecule has 1 N–H and O–H groups in total. The highest BCUT2D eigenvalue weighted by Crippen LogP contribution is 2.30. The van der Waals surface area contributed by atoms with E-state index in [2.05, 4.69) is 12.2 Å². The maximum absolute atomic E-state index is 10.8. The van der Waals surface area contributed by atoms with Crippen LogP contribution in [-0.4, -0.2) is 22.0 Å². The molecule has 92 valence electrons. The molecule has 0 aliphatic carbocycles. The summed E-state index contributed by atoms with van der Waals surface area (Å²) in [5, 5.41) is 14.8. The molecule has 5 heteroatoms. The van der Waals surface area contributed by atoms with Gasteiger partial charge in [0.05, 0.1) is 4.92 Å². The number of nitro benzene ring substituents is 1. The van der Waals surface area contributed by atoms with Crippen molar-refractivity contribution >= 4 is 23.1 Å². The second-order valence-corrected chi connectivity index (χ2v) is 5.86. The van der Waals surface area contributed by atoms with Gasteiger partial charge in [0.1, 0.15) is 0 Å². The van der Waals surface area contributed by atoms with Crippen LogP contribution in [0, 0.1) is 17.0 Å². The number of rotatable bonds is 3. The normalized spacial score (nSPS) is 23.6. The van der Waals surface area contributed by atoms with Crippen molar-refractivity contribution in [2.45, 2.75) is 31.6 Å². The molecular weight excluding hydrogens is 236 g/mol. The van der Waals surface area contributed by atoms with Gasteiger partial charge in [-0.2, -0.15) is 11.8 Å². The van der Waals surface area contributed by atoms with Gasteiger partial charge in [0.25, 0.3) is 5.69 Å². The van der Waals surface area contributed by atoms with Crippen LogP contribution in [-0.2, 0) is 0 Å². The Labute approximate surface area is 105 Å². The molecule has 4 nitrogen and oxygen atoms in total. The molecule has 1 aliphatic rings. The van der Waals surface area contributed by atoms with Gasteiger partial charge in [0.2, 0.25) is 0 Å². The first kappa shape index (κ1) is 12.2. The fourth-order valence-electron chi connectivity index (χ4n) is 2.03. The van der Waals surface area contributed by atoms with Crippen molar-refractivity contribution in [2.75, 3.05) is 11.1 Å². The summed E-state index contributed by atoms with van der Waals surface area (Å²) in [6.45, 7) is 3.95. The maximum Gasteiger partial charge on any atom is 0.274 e. The SMILES string of the molecule is Cc1ccc(NC2CCSC2C)cc1[N+](=O)[O-]. The monoisotopic (exact) mass is 252 g/mol. The van der Waals surface area contributed by atoms with Crippen LogP contribution in [0.25, 0.3) is 0 Å². The highest BCUT2D eigenvalue weighted by molar-refractivity contribution is 8.00. The number of benzene rings is 1. The van der Waals surface area contributed by atoms with E-state index in [1.54, 1.807) is 19.1 Å². The van der Waals surface area contributed by atoms with Gasteiger partial charge in [-0.3, -0.25) is 10.1 Å². The molecule has 1 aliphatic heterocycles.